The lowest BCUT2D eigenvalue weighted by Gasteiger charge is -2.15. The summed E-state index contributed by atoms with van der Waals surface area (Å²) >= 11 is 6.12. The third-order valence-electron chi connectivity index (χ3n) is 3.91. The van der Waals surface area contributed by atoms with Crippen molar-refractivity contribution in [1.82, 2.24) is 4.98 Å². The van der Waals surface area contributed by atoms with E-state index in [0.717, 1.165) is 16.7 Å². The largest absolute Gasteiger partial charge is 0.504 e. The van der Waals surface area contributed by atoms with E-state index in [4.69, 9.17) is 18.0 Å². The highest BCUT2D eigenvalue weighted by atomic mass is 35.5. The van der Waals surface area contributed by atoms with Crippen LogP contribution in [0.5, 0.6) is 0 Å². The highest BCUT2D eigenvalue weighted by molar-refractivity contribution is 6.30. The molecule has 132 valence electrons. The number of benzene rings is 1. The van der Waals surface area contributed by atoms with Crippen LogP contribution in [-0.2, 0) is 9.53 Å². The minimum absolute atomic E-state index is 0.205. The molecule has 0 fully saturated rings. The number of halogens is 1. The second kappa shape index (κ2) is 8.37. The monoisotopic (exact) mass is 367 g/mol. The molecule has 0 amide bonds. The summed E-state index contributed by atoms with van der Waals surface area (Å²) in [4.78, 5) is 16.1. The summed E-state index contributed by atoms with van der Waals surface area (Å²) in [5.74, 6) is 0.973. The summed E-state index contributed by atoms with van der Waals surface area (Å²) in [6.45, 7) is 3.76. The van der Waals surface area contributed by atoms with E-state index in [1.54, 1.807) is 12.3 Å². The van der Waals surface area contributed by atoms with Gasteiger partial charge in [-0.2, -0.15) is 0 Å². The number of nitrogens with zero attached hydrogens (tertiary/aromatic N) is 1. The molecule has 5 heteroatoms. The Labute approximate surface area is 157 Å². The van der Waals surface area contributed by atoms with E-state index in [2.05, 4.69) is 15.6 Å². The molecular formula is C21H18ClNO3. The molecule has 2 aromatic rings. The molecule has 1 heterocycles. The van der Waals surface area contributed by atoms with Gasteiger partial charge in [0.1, 0.15) is 5.69 Å². The zero-order chi connectivity index (χ0) is 19.3. The number of hydrogen-bond donors (Lipinski definition) is 1. The van der Waals surface area contributed by atoms with Gasteiger partial charge in [0.25, 0.3) is 0 Å². The third kappa shape index (κ3) is 3.79. The van der Waals surface area contributed by atoms with E-state index in [1.807, 2.05) is 44.2 Å². The molecule has 0 spiro atoms. The first kappa shape index (κ1) is 19.3. The molecule has 0 saturated carbocycles. The maximum absolute atomic E-state index is 11.9. The van der Waals surface area contributed by atoms with Crippen molar-refractivity contribution >= 4 is 28.9 Å². The first-order valence-electron chi connectivity index (χ1n) is 7.81. The molecule has 0 unspecified atom stereocenters. The zero-order valence-corrected chi connectivity index (χ0v) is 15.5. The lowest BCUT2D eigenvalue weighted by molar-refractivity contribution is -0.135. The fourth-order valence-electron chi connectivity index (χ4n) is 2.53. The van der Waals surface area contributed by atoms with E-state index < -0.39 is 11.7 Å². The summed E-state index contributed by atoms with van der Waals surface area (Å²) in [5.41, 5.74) is 3.10. The normalized spacial score (nSPS) is 12.2. The van der Waals surface area contributed by atoms with Crippen LogP contribution < -0.4 is 0 Å². The molecular weight excluding hydrogens is 350 g/mol. The van der Waals surface area contributed by atoms with Crippen LogP contribution in [0.15, 0.2) is 48.2 Å². The average molecular weight is 368 g/mol. The Kier molecular flexibility index (Phi) is 6.21. The Hall–Kier alpha value is -3.03. The van der Waals surface area contributed by atoms with Crippen LogP contribution in [0.4, 0.5) is 0 Å². The van der Waals surface area contributed by atoms with Gasteiger partial charge in [0.15, 0.2) is 11.3 Å². The predicted octanol–water partition coefficient (Wildman–Crippen LogP) is 4.90. The van der Waals surface area contributed by atoms with E-state index in [0.29, 0.717) is 10.6 Å². The Balaban J connectivity index is 2.85. The molecule has 0 saturated heterocycles. The van der Waals surface area contributed by atoms with Gasteiger partial charge in [-0.1, -0.05) is 35.7 Å². The van der Waals surface area contributed by atoms with E-state index in [9.17, 15) is 9.90 Å². The van der Waals surface area contributed by atoms with Gasteiger partial charge >= 0.3 is 5.97 Å². The number of rotatable bonds is 4. The third-order valence-corrected chi connectivity index (χ3v) is 4.14. The SMILES string of the molecule is C#C/C(C(=O)OC)=C(/O)c1nccc(-c2cccc(Cl)c2)c1/C(C)=C\C. The number of carbonyl (C=O) groups excluding carboxylic acids is 1. The number of carbonyl (C=O) groups is 1. The molecule has 0 aliphatic heterocycles. The van der Waals surface area contributed by atoms with Crippen LogP contribution in [0.2, 0.25) is 5.02 Å². The Morgan fingerprint density at radius 3 is 2.69 bits per heavy atom. The maximum Gasteiger partial charge on any atom is 0.350 e. The summed E-state index contributed by atoms with van der Waals surface area (Å²) in [6.07, 6.45) is 8.81. The number of pyridine rings is 1. The first-order valence-corrected chi connectivity index (χ1v) is 8.19. The van der Waals surface area contributed by atoms with E-state index in [1.165, 1.54) is 7.11 Å². The number of aliphatic hydroxyl groups excluding tert-OH is 1. The van der Waals surface area contributed by atoms with Gasteiger partial charge in [-0.05, 0) is 48.7 Å². The summed E-state index contributed by atoms with van der Waals surface area (Å²) in [6, 6.07) is 9.15. The summed E-state index contributed by atoms with van der Waals surface area (Å²) in [5, 5.41) is 11.2. The van der Waals surface area contributed by atoms with Crippen molar-refractivity contribution < 1.29 is 14.6 Å². The first-order chi connectivity index (χ1) is 12.4. The maximum atomic E-state index is 11.9. The molecule has 0 aliphatic rings. The summed E-state index contributed by atoms with van der Waals surface area (Å²) < 4.78 is 4.64. The summed E-state index contributed by atoms with van der Waals surface area (Å²) in [7, 11) is 1.20. The van der Waals surface area contributed by atoms with Crippen molar-refractivity contribution in [2.24, 2.45) is 0 Å². The number of allylic oxidation sites excluding steroid dienone is 2. The van der Waals surface area contributed by atoms with Crippen molar-refractivity contribution in [2.45, 2.75) is 13.8 Å². The molecule has 0 bridgehead atoms. The fraction of sp³-hybridized carbons (Fsp3) is 0.143. The van der Waals surface area contributed by atoms with Crippen molar-refractivity contribution in [3.63, 3.8) is 0 Å². The van der Waals surface area contributed by atoms with Gasteiger partial charge in [-0.25, -0.2) is 4.79 Å². The van der Waals surface area contributed by atoms with Gasteiger partial charge < -0.3 is 9.84 Å². The van der Waals surface area contributed by atoms with Gasteiger partial charge in [0, 0.05) is 16.8 Å². The highest BCUT2D eigenvalue weighted by Crippen LogP contribution is 2.34. The van der Waals surface area contributed by atoms with Crippen molar-refractivity contribution in [3.8, 4) is 23.5 Å². The van der Waals surface area contributed by atoms with Gasteiger partial charge in [0.05, 0.1) is 7.11 Å². The molecule has 0 atom stereocenters. The molecule has 2 rings (SSSR count). The molecule has 1 aromatic carbocycles. The predicted molar refractivity (Wildman–Crippen MR) is 104 cm³/mol. The Bertz CT molecular complexity index is 952. The minimum Gasteiger partial charge on any atom is -0.504 e. The quantitative estimate of drug-likeness (QED) is 0.361. The fourth-order valence-corrected chi connectivity index (χ4v) is 2.72. The lowest BCUT2D eigenvalue weighted by Crippen LogP contribution is -2.08. The second-order valence-electron chi connectivity index (χ2n) is 5.42. The van der Waals surface area contributed by atoms with Crippen LogP contribution >= 0.6 is 11.6 Å². The number of esters is 1. The van der Waals surface area contributed by atoms with Crippen LogP contribution in [0, 0.1) is 12.3 Å². The van der Waals surface area contributed by atoms with Gasteiger partial charge in [-0.3, -0.25) is 4.98 Å². The Morgan fingerprint density at radius 1 is 1.38 bits per heavy atom. The molecule has 4 nitrogen and oxygen atoms in total. The molecule has 1 aromatic heterocycles. The average Bonchev–Trinajstić information content (AvgIpc) is 2.66. The number of aromatic nitrogens is 1. The van der Waals surface area contributed by atoms with E-state index in [-0.39, 0.29) is 11.3 Å². The standard InChI is InChI=1S/C21H18ClNO3/c1-5-13(3)18-17(14-8-7-9-15(22)12-14)10-11-23-19(18)20(24)16(6-2)21(25)26-4/h2,5,7-12,24H,1,3-4H3/b13-5-,20-16-. The number of ether oxygens (including phenoxy) is 1. The van der Waals surface area contributed by atoms with Crippen molar-refractivity contribution in [2.75, 3.05) is 7.11 Å². The highest BCUT2D eigenvalue weighted by Gasteiger charge is 2.21. The molecule has 26 heavy (non-hydrogen) atoms. The molecule has 1 N–H and O–H groups in total. The number of aliphatic hydroxyl groups is 1. The van der Waals surface area contributed by atoms with Crippen LogP contribution in [0.1, 0.15) is 25.1 Å². The van der Waals surface area contributed by atoms with Crippen LogP contribution in [-0.4, -0.2) is 23.2 Å². The lowest BCUT2D eigenvalue weighted by atomic mass is 9.92. The topological polar surface area (TPSA) is 59.4 Å². The number of terminal acetylenes is 1. The zero-order valence-electron chi connectivity index (χ0n) is 14.7. The van der Waals surface area contributed by atoms with Crippen LogP contribution in [0.25, 0.3) is 22.5 Å². The molecule has 0 radical (unpaired) electrons. The van der Waals surface area contributed by atoms with Crippen LogP contribution in [0.3, 0.4) is 0 Å². The Morgan fingerprint density at radius 2 is 2.12 bits per heavy atom. The van der Waals surface area contributed by atoms with E-state index >= 15 is 0 Å². The van der Waals surface area contributed by atoms with Crippen molar-refractivity contribution in [3.05, 3.63) is 64.5 Å². The number of hydrogen-bond acceptors (Lipinski definition) is 4. The smallest absolute Gasteiger partial charge is 0.350 e. The molecule has 0 aliphatic carbocycles. The minimum atomic E-state index is -0.802. The van der Waals surface area contributed by atoms with Crippen molar-refractivity contribution in [1.29, 1.82) is 0 Å². The van der Waals surface area contributed by atoms with Gasteiger partial charge in [-0.15, -0.1) is 6.42 Å². The number of methoxy groups -OCH3 is 1. The second-order valence-corrected chi connectivity index (χ2v) is 5.86. The van der Waals surface area contributed by atoms with Gasteiger partial charge in [0.2, 0.25) is 0 Å².